The van der Waals surface area contributed by atoms with E-state index in [0.717, 1.165) is 6.92 Å². The SMILES string of the molecule is Cc1c(F)c(F)c(F)c([B]c2c(F)cc(F)cc2F)c1F. The number of halogens is 7. The van der Waals surface area contributed by atoms with Crippen LogP contribution in [0.1, 0.15) is 5.56 Å². The van der Waals surface area contributed by atoms with E-state index in [-0.39, 0.29) is 12.1 Å². The number of hydrogen-bond donors (Lipinski definition) is 0. The lowest BCUT2D eigenvalue weighted by Gasteiger charge is -2.10. The monoisotopic (exact) mass is 305 g/mol. The van der Waals surface area contributed by atoms with Crippen LogP contribution in [-0.2, 0) is 0 Å². The lowest BCUT2D eigenvalue weighted by molar-refractivity contribution is 0.434. The molecule has 0 aliphatic carbocycles. The van der Waals surface area contributed by atoms with Gasteiger partial charge < -0.3 is 0 Å². The summed E-state index contributed by atoms with van der Waals surface area (Å²) in [4.78, 5) is 0. The van der Waals surface area contributed by atoms with Crippen LogP contribution in [0.3, 0.4) is 0 Å². The van der Waals surface area contributed by atoms with Gasteiger partial charge >= 0.3 is 0 Å². The first-order chi connectivity index (χ1) is 9.73. The molecule has 0 amide bonds. The van der Waals surface area contributed by atoms with E-state index in [9.17, 15) is 30.7 Å². The van der Waals surface area contributed by atoms with Gasteiger partial charge in [-0.25, -0.2) is 30.7 Å². The molecule has 0 bridgehead atoms. The van der Waals surface area contributed by atoms with Crippen LogP contribution in [0.15, 0.2) is 12.1 Å². The van der Waals surface area contributed by atoms with Gasteiger partial charge in [0.2, 0.25) is 7.28 Å². The van der Waals surface area contributed by atoms with Gasteiger partial charge in [-0.3, -0.25) is 0 Å². The molecule has 0 saturated carbocycles. The molecule has 8 heteroatoms. The van der Waals surface area contributed by atoms with Crippen LogP contribution in [-0.4, -0.2) is 7.28 Å². The van der Waals surface area contributed by atoms with Gasteiger partial charge in [-0.1, -0.05) is 0 Å². The third-order valence-electron chi connectivity index (χ3n) is 2.85. The molecule has 0 unspecified atom stereocenters. The third kappa shape index (κ3) is 2.62. The highest BCUT2D eigenvalue weighted by atomic mass is 19.2. The van der Waals surface area contributed by atoms with E-state index < -0.39 is 57.2 Å². The molecule has 0 fully saturated rings. The highest BCUT2D eigenvalue weighted by Gasteiger charge is 2.25. The molecule has 21 heavy (non-hydrogen) atoms. The molecule has 2 rings (SSSR count). The Morgan fingerprint density at radius 1 is 0.667 bits per heavy atom. The molecule has 0 heterocycles. The van der Waals surface area contributed by atoms with Gasteiger partial charge in [0, 0.05) is 17.7 Å². The van der Waals surface area contributed by atoms with Crippen molar-refractivity contribution in [3.8, 4) is 0 Å². The maximum absolute atomic E-state index is 13.7. The molecule has 0 nitrogen and oxygen atoms in total. The molecular formula is C13H5BF7. The Morgan fingerprint density at radius 2 is 1.19 bits per heavy atom. The molecule has 2 aromatic rings. The zero-order valence-electron chi connectivity index (χ0n) is 10.4. The summed E-state index contributed by atoms with van der Waals surface area (Å²) < 4.78 is 93.2. The van der Waals surface area contributed by atoms with Crippen molar-refractivity contribution in [3.05, 3.63) is 58.4 Å². The van der Waals surface area contributed by atoms with Gasteiger partial charge in [-0.2, -0.15) is 0 Å². The number of hydrogen-bond acceptors (Lipinski definition) is 0. The minimum Gasteiger partial charge on any atom is -0.207 e. The van der Waals surface area contributed by atoms with E-state index >= 15 is 0 Å². The van der Waals surface area contributed by atoms with Gasteiger partial charge in [0.25, 0.3) is 0 Å². The van der Waals surface area contributed by atoms with E-state index in [1.54, 1.807) is 0 Å². The van der Waals surface area contributed by atoms with Crippen molar-refractivity contribution in [3.63, 3.8) is 0 Å². The molecule has 0 aromatic heterocycles. The predicted molar refractivity (Wildman–Crippen MR) is 62.3 cm³/mol. The van der Waals surface area contributed by atoms with Gasteiger partial charge in [-0.15, -0.1) is 0 Å². The van der Waals surface area contributed by atoms with E-state index in [1.165, 1.54) is 0 Å². The molecule has 0 aliphatic heterocycles. The molecule has 0 saturated heterocycles. The van der Waals surface area contributed by atoms with Crippen molar-refractivity contribution in [2.45, 2.75) is 6.92 Å². The summed E-state index contributed by atoms with van der Waals surface area (Å²) in [7, 11) is 0.310. The second kappa shape index (κ2) is 5.42. The van der Waals surface area contributed by atoms with Crippen molar-refractivity contribution in [1.29, 1.82) is 0 Å². The minimum absolute atomic E-state index is 0.289. The molecule has 0 spiro atoms. The maximum atomic E-state index is 13.7. The van der Waals surface area contributed by atoms with Gasteiger partial charge in [0.1, 0.15) is 23.3 Å². The van der Waals surface area contributed by atoms with Gasteiger partial charge in [0.05, 0.1) is 0 Å². The van der Waals surface area contributed by atoms with Crippen LogP contribution < -0.4 is 10.9 Å². The van der Waals surface area contributed by atoms with Gasteiger partial charge in [0.15, 0.2) is 17.5 Å². The summed E-state index contributed by atoms with van der Waals surface area (Å²) in [6.07, 6.45) is 0. The number of benzene rings is 2. The lowest BCUT2D eigenvalue weighted by atomic mass is 9.62. The Hall–Kier alpha value is -1.99. The Balaban J connectivity index is 2.61. The van der Waals surface area contributed by atoms with Crippen LogP contribution >= 0.6 is 0 Å². The zero-order valence-corrected chi connectivity index (χ0v) is 10.4. The lowest BCUT2D eigenvalue weighted by Crippen LogP contribution is -2.38. The van der Waals surface area contributed by atoms with E-state index in [0.29, 0.717) is 7.28 Å². The highest BCUT2D eigenvalue weighted by Crippen LogP contribution is 2.16. The maximum Gasteiger partial charge on any atom is 0.207 e. The van der Waals surface area contributed by atoms with Crippen LogP contribution in [0.25, 0.3) is 0 Å². The van der Waals surface area contributed by atoms with Crippen LogP contribution in [0.4, 0.5) is 30.7 Å². The highest BCUT2D eigenvalue weighted by molar-refractivity contribution is 6.67. The standard InChI is InChI=1S/C13H5BF7/c1-4-10(18)9(12(20)13(21)11(4)19)14-8-6(16)2-5(15)3-7(8)17/h2-3H,1H3. The fourth-order valence-corrected chi connectivity index (χ4v) is 1.74. The summed E-state index contributed by atoms with van der Waals surface area (Å²) in [6, 6.07) is 0.578. The first-order valence-corrected chi connectivity index (χ1v) is 5.55. The fourth-order valence-electron chi connectivity index (χ4n) is 1.74. The first kappa shape index (κ1) is 15.4. The van der Waals surface area contributed by atoms with Crippen molar-refractivity contribution in [2.24, 2.45) is 0 Å². The zero-order chi connectivity index (χ0) is 15.9. The van der Waals surface area contributed by atoms with Gasteiger partial charge in [-0.05, 0) is 17.8 Å². The summed E-state index contributed by atoms with van der Waals surface area (Å²) in [6.45, 7) is 0.835. The Morgan fingerprint density at radius 3 is 1.71 bits per heavy atom. The fraction of sp³-hybridized carbons (Fsp3) is 0.0769. The third-order valence-corrected chi connectivity index (χ3v) is 2.85. The Bertz CT molecular complexity index is 675. The largest absolute Gasteiger partial charge is 0.207 e. The van der Waals surface area contributed by atoms with E-state index in [2.05, 4.69) is 0 Å². The Kier molecular flexibility index (Phi) is 3.98. The molecule has 0 aliphatic rings. The Labute approximate surface area is 115 Å². The summed E-state index contributed by atoms with van der Waals surface area (Å²) >= 11 is 0. The summed E-state index contributed by atoms with van der Waals surface area (Å²) in [5, 5.41) is 0. The van der Waals surface area contributed by atoms with E-state index in [1.807, 2.05) is 0 Å². The number of rotatable bonds is 2. The molecule has 1 radical (unpaired) electrons. The molecular weight excluding hydrogens is 300 g/mol. The van der Waals surface area contributed by atoms with E-state index in [4.69, 9.17) is 0 Å². The normalized spacial score (nSPS) is 10.9. The average molecular weight is 305 g/mol. The smallest absolute Gasteiger partial charge is 0.207 e. The van der Waals surface area contributed by atoms with Crippen LogP contribution in [0.2, 0.25) is 0 Å². The molecule has 109 valence electrons. The second-order valence-electron chi connectivity index (χ2n) is 4.22. The van der Waals surface area contributed by atoms with Crippen molar-refractivity contribution >= 4 is 18.2 Å². The van der Waals surface area contributed by atoms with Crippen molar-refractivity contribution in [1.82, 2.24) is 0 Å². The minimum atomic E-state index is -1.97. The van der Waals surface area contributed by atoms with Crippen molar-refractivity contribution < 1.29 is 30.7 Å². The van der Waals surface area contributed by atoms with Crippen LogP contribution in [0, 0.1) is 47.6 Å². The first-order valence-electron chi connectivity index (χ1n) is 5.55. The topological polar surface area (TPSA) is 0 Å². The molecule has 0 atom stereocenters. The molecule has 2 aromatic carbocycles. The quantitative estimate of drug-likeness (QED) is 0.346. The van der Waals surface area contributed by atoms with Crippen LogP contribution in [0.5, 0.6) is 0 Å². The summed E-state index contributed by atoms with van der Waals surface area (Å²) in [5.41, 5.74) is -2.97. The van der Waals surface area contributed by atoms with Crippen molar-refractivity contribution in [2.75, 3.05) is 0 Å². The second-order valence-corrected chi connectivity index (χ2v) is 4.22. The summed E-state index contributed by atoms with van der Waals surface area (Å²) in [5.74, 6) is -11.2. The predicted octanol–water partition coefficient (Wildman–Crippen LogP) is 2.62. The molecule has 0 N–H and O–H groups in total. The average Bonchev–Trinajstić information content (AvgIpc) is 2.41.